The summed E-state index contributed by atoms with van der Waals surface area (Å²) in [6.45, 7) is 1.93. The summed E-state index contributed by atoms with van der Waals surface area (Å²) in [7, 11) is 0. The zero-order valence-corrected chi connectivity index (χ0v) is 16.0. The Labute approximate surface area is 164 Å². The molecule has 2 aromatic heterocycles. The van der Waals surface area contributed by atoms with E-state index in [1.54, 1.807) is 18.2 Å². The zero-order valence-electron chi connectivity index (χ0n) is 13.7. The van der Waals surface area contributed by atoms with Gasteiger partial charge >= 0.3 is 0 Å². The van der Waals surface area contributed by atoms with Gasteiger partial charge in [-0.15, -0.1) is 11.3 Å². The fourth-order valence-corrected chi connectivity index (χ4v) is 4.11. The van der Waals surface area contributed by atoms with Gasteiger partial charge in [0.25, 0.3) is 5.91 Å². The number of benzene rings is 2. The second-order valence-corrected chi connectivity index (χ2v) is 7.53. The van der Waals surface area contributed by atoms with Crippen molar-refractivity contribution in [3.63, 3.8) is 0 Å². The minimum absolute atomic E-state index is 0.227. The number of amides is 1. The summed E-state index contributed by atoms with van der Waals surface area (Å²) in [5, 5.41) is 9.10. The van der Waals surface area contributed by atoms with Crippen LogP contribution in [0.3, 0.4) is 0 Å². The molecule has 0 saturated heterocycles. The summed E-state index contributed by atoms with van der Waals surface area (Å²) in [4.78, 5) is 14.2. The summed E-state index contributed by atoms with van der Waals surface area (Å²) in [5.41, 5.74) is 2.32. The Morgan fingerprint density at radius 3 is 2.65 bits per heavy atom. The molecule has 0 aliphatic rings. The van der Waals surface area contributed by atoms with Crippen LogP contribution in [0, 0.1) is 6.92 Å². The number of carbonyl (C=O) groups excluding carboxylic acids is 1. The maximum Gasteiger partial charge on any atom is 0.265 e. The minimum Gasteiger partial charge on any atom is -0.320 e. The highest BCUT2D eigenvalue weighted by Gasteiger charge is 2.18. The van der Waals surface area contributed by atoms with Gasteiger partial charge in [0.15, 0.2) is 0 Å². The highest BCUT2D eigenvalue weighted by Crippen LogP contribution is 2.33. The normalized spacial score (nSPS) is 11.0. The van der Waals surface area contributed by atoms with Crippen molar-refractivity contribution in [2.75, 3.05) is 5.32 Å². The van der Waals surface area contributed by atoms with Gasteiger partial charge < -0.3 is 5.32 Å². The first-order valence-electron chi connectivity index (χ1n) is 7.84. The molecular formula is C19H13Cl2N3OS. The average Bonchev–Trinajstić information content (AvgIpc) is 3.21. The molecule has 0 aliphatic heterocycles. The third-order valence-electron chi connectivity index (χ3n) is 3.97. The predicted octanol–water partition coefficient (Wildman–Crippen LogP) is 5.95. The van der Waals surface area contributed by atoms with Crippen LogP contribution < -0.4 is 5.32 Å². The standard InChI is InChI=1S/C19H13Cl2N3OS/c1-11-13-10-16(18(25)22-15-9-5-8-14(20)17(15)21)26-19(13)24(23-11)12-6-3-2-4-7-12/h2-10H,1H3,(H,22,25). The largest absolute Gasteiger partial charge is 0.320 e. The molecule has 4 nitrogen and oxygen atoms in total. The van der Waals surface area contributed by atoms with Crippen LogP contribution in [0.25, 0.3) is 15.9 Å². The maximum atomic E-state index is 12.7. The van der Waals surface area contributed by atoms with Crippen molar-refractivity contribution in [3.8, 4) is 5.69 Å². The summed E-state index contributed by atoms with van der Waals surface area (Å²) in [6, 6.07) is 16.8. The van der Waals surface area contributed by atoms with E-state index >= 15 is 0 Å². The lowest BCUT2D eigenvalue weighted by molar-refractivity contribution is 0.103. The molecule has 0 spiro atoms. The lowest BCUT2D eigenvalue weighted by atomic mass is 10.3. The van der Waals surface area contributed by atoms with Crippen molar-refractivity contribution in [2.24, 2.45) is 0 Å². The maximum absolute atomic E-state index is 12.7. The molecule has 0 radical (unpaired) electrons. The molecule has 4 rings (SSSR count). The number of aryl methyl sites for hydroxylation is 1. The fraction of sp³-hybridized carbons (Fsp3) is 0.0526. The van der Waals surface area contributed by atoms with Gasteiger partial charge in [0, 0.05) is 5.39 Å². The number of nitrogens with one attached hydrogen (secondary N) is 1. The van der Waals surface area contributed by atoms with Gasteiger partial charge in [-0.05, 0) is 37.3 Å². The summed E-state index contributed by atoms with van der Waals surface area (Å²) in [5.74, 6) is -0.227. The predicted molar refractivity (Wildman–Crippen MR) is 108 cm³/mol. The third-order valence-corrected chi connectivity index (χ3v) is 5.90. The Morgan fingerprint density at radius 2 is 1.88 bits per heavy atom. The van der Waals surface area contributed by atoms with Crippen molar-refractivity contribution in [1.82, 2.24) is 9.78 Å². The van der Waals surface area contributed by atoms with E-state index in [1.165, 1.54) is 11.3 Å². The van der Waals surface area contributed by atoms with Gasteiger partial charge in [-0.25, -0.2) is 4.68 Å². The number of halogens is 2. The van der Waals surface area contributed by atoms with Crippen LogP contribution in [0.1, 0.15) is 15.4 Å². The van der Waals surface area contributed by atoms with Crippen LogP contribution in [0.5, 0.6) is 0 Å². The third kappa shape index (κ3) is 2.98. The topological polar surface area (TPSA) is 46.9 Å². The average molecular weight is 402 g/mol. The van der Waals surface area contributed by atoms with E-state index in [9.17, 15) is 4.79 Å². The summed E-state index contributed by atoms with van der Waals surface area (Å²) in [6.07, 6.45) is 0. The van der Waals surface area contributed by atoms with Crippen molar-refractivity contribution in [1.29, 1.82) is 0 Å². The van der Waals surface area contributed by atoms with E-state index in [2.05, 4.69) is 10.4 Å². The van der Waals surface area contributed by atoms with E-state index in [0.29, 0.717) is 20.6 Å². The number of fused-ring (bicyclic) bond motifs is 1. The molecule has 0 aliphatic carbocycles. The van der Waals surface area contributed by atoms with Gasteiger partial charge in [-0.3, -0.25) is 4.79 Å². The summed E-state index contributed by atoms with van der Waals surface area (Å²) < 4.78 is 1.86. The molecule has 2 aromatic carbocycles. The molecule has 0 unspecified atom stereocenters. The van der Waals surface area contributed by atoms with Gasteiger partial charge in [0.05, 0.1) is 32.0 Å². The van der Waals surface area contributed by atoms with Crippen LogP contribution in [0.4, 0.5) is 5.69 Å². The number of nitrogens with zero attached hydrogens (tertiary/aromatic N) is 2. The Morgan fingerprint density at radius 1 is 1.12 bits per heavy atom. The van der Waals surface area contributed by atoms with Gasteiger partial charge in [-0.1, -0.05) is 47.5 Å². The Kier molecular flexibility index (Phi) is 4.44. The molecule has 4 aromatic rings. The second kappa shape index (κ2) is 6.76. The molecule has 1 N–H and O–H groups in total. The zero-order chi connectivity index (χ0) is 18.3. The molecule has 0 bridgehead atoms. The number of para-hydroxylation sites is 1. The van der Waals surface area contributed by atoms with Crippen LogP contribution in [0.2, 0.25) is 10.0 Å². The number of hydrogen-bond donors (Lipinski definition) is 1. The smallest absolute Gasteiger partial charge is 0.265 e. The number of aromatic nitrogens is 2. The molecule has 26 heavy (non-hydrogen) atoms. The molecule has 0 fully saturated rings. The second-order valence-electron chi connectivity index (χ2n) is 5.72. The van der Waals surface area contributed by atoms with Crippen molar-refractivity contribution < 1.29 is 4.79 Å². The van der Waals surface area contributed by atoms with Crippen LogP contribution >= 0.6 is 34.5 Å². The Bertz CT molecular complexity index is 1120. The van der Waals surface area contributed by atoms with Gasteiger partial charge in [0.1, 0.15) is 4.83 Å². The van der Waals surface area contributed by atoms with E-state index in [1.807, 2.05) is 48.0 Å². The van der Waals surface area contributed by atoms with Crippen molar-refractivity contribution in [2.45, 2.75) is 6.92 Å². The van der Waals surface area contributed by atoms with Crippen LogP contribution in [-0.2, 0) is 0 Å². The van der Waals surface area contributed by atoms with E-state index in [4.69, 9.17) is 23.2 Å². The quantitative estimate of drug-likeness (QED) is 0.460. The Hall–Kier alpha value is -2.34. The first kappa shape index (κ1) is 17.1. The SMILES string of the molecule is Cc1nn(-c2ccccc2)c2sc(C(=O)Nc3cccc(Cl)c3Cl)cc12. The first-order valence-corrected chi connectivity index (χ1v) is 9.42. The molecule has 130 valence electrons. The number of carbonyl (C=O) groups is 1. The fourth-order valence-electron chi connectivity index (χ4n) is 2.69. The van der Waals surface area contributed by atoms with E-state index in [0.717, 1.165) is 21.6 Å². The number of hydrogen-bond acceptors (Lipinski definition) is 3. The van der Waals surface area contributed by atoms with Gasteiger partial charge in [-0.2, -0.15) is 5.10 Å². The Balaban J connectivity index is 1.72. The van der Waals surface area contributed by atoms with E-state index in [-0.39, 0.29) is 5.91 Å². The molecule has 1 amide bonds. The highest BCUT2D eigenvalue weighted by molar-refractivity contribution is 7.20. The molecule has 7 heteroatoms. The summed E-state index contributed by atoms with van der Waals surface area (Å²) >= 11 is 13.6. The molecule has 0 saturated carbocycles. The molecule has 2 heterocycles. The highest BCUT2D eigenvalue weighted by atomic mass is 35.5. The lowest BCUT2D eigenvalue weighted by Crippen LogP contribution is -2.10. The monoisotopic (exact) mass is 401 g/mol. The number of rotatable bonds is 3. The molecular weight excluding hydrogens is 389 g/mol. The van der Waals surface area contributed by atoms with Crippen molar-refractivity contribution in [3.05, 3.63) is 75.2 Å². The molecule has 0 atom stereocenters. The van der Waals surface area contributed by atoms with Crippen LogP contribution in [-0.4, -0.2) is 15.7 Å². The number of thiophene rings is 1. The van der Waals surface area contributed by atoms with Crippen LogP contribution in [0.15, 0.2) is 54.6 Å². The van der Waals surface area contributed by atoms with E-state index < -0.39 is 0 Å². The number of anilines is 1. The first-order chi connectivity index (χ1) is 12.5. The van der Waals surface area contributed by atoms with Gasteiger partial charge in [0.2, 0.25) is 0 Å². The van der Waals surface area contributed by atoms with Crippen molar-refractivity contribution >= 4 is 56.3 Å². The lowest BCUT2D eigenvalue weighted by Gasteiger charge is -2.06. The minimum atomic E-state index is -0.227.